The minimum absolute atomic E-state index is 0. The number of carbonyl (C=O) groups is 6. The first-order valence-electron chi connectivity index (χ1n) is 38.3. The maximum atomic E-state index is 12.6. The first-order chi connectivity index (χ1) is 49.7. The number of fused-ring (bicyclic) bond motifs is 1. The smallest absolute Gasteiger partial charge is 1.00 e. The Morgan fingerprint density at radius 2 is 0.886 bits per heavy atom. The number of unbranched alkanes of at least 4 members (excludes halogenated alkanes) is 29. The Balaban J connectivity index is 0.00000109. The molecule has 0 spiro atoms. The van der Waals surface area contributed by atoms with Gasteiger partial charge in [0.05, 0.1) is 69.9 Å². The van der Waals surface area contributed by atoms with Crippen LogP contribution in [-0.2, 0) is 86.9 Å². The minimum atomic E-state index is -4.99. The second-order valence-corrected chi connectivity index (χ2v) is 31.8. The molecule has 4 aliphatic rings. The number of aliphatic hydroxyl groups excluding tert-OH is 6. The van der Waals surface area contributed by atoms with Crippen LogP contribution in [0.15, 0.2) is 0 Å². The van der Waals surface area contributed by atoms with Crippen LogP contribution in [0.1, 0.15) is 259 Å². The van der Waals surface area contributed by atoms with E-state index in [2.05, 4.69) is 30.0 Å². The Kier molecular flexibility index (Phi) is 55.4. The van der Waals surface area contributed by atoms with Crippen molar-refractivity contribution in [1.82, 2.24) is 16.1 Å². The molecule has 12 unspecified atom stereocenters. The first-order valence-corrected chi connectivity index (χ1v) is 42.5. The van der Waals surface area contributed by atoms with E-state index in [-0.39, 0.29) is 122 Å². The van der Waals surface area contributed by atoms with E-state index in [1.165, 1.54) is 141 Å². The third-order valence-corrected chi connectivity index (χ3v) is 21.3. The number of hydrogen-bond donors (Lipinski definition) is 10. The van der Waals surface area contributed by atoms with Gasteiger partial charge in [-0.3, -0.25) is 24.0 Å². The van der Waals surface area contributed by atoms with Gasteiger partial charge in [-0.05, 0) is 25.7 Å². The fraction of sp³-hybridized carbons (Fsp3) is 0.914. The van der Waals surface area contributed by atoms with Gasteiger partial charge in [0.2, 0.25) is 0 Å². The number of hydrogen-bond acceptors (Lipinski definition) is 30. The van der Waals surface area contributed by atoms with Gasteiger partial charge in [0.25, 0.3) is 0 Å². The molecule has 15 atom stereocenters. The van der Waals surface area contributed by atoms with Crippen molar-refractivity contribution in [2.75, 3.05) is 56.8 Å². The maximum Gasteiger partial charge on any atom is 1.00 e. The van der Waals surface area contributed by atoms with E-state index in [9.17, 15) is 85.3 Å². The number of amides is 2. The van der Waals surface area contributed by atoms with Crippen LogP contribution in [0.2, 0.25) is 0 Å². The van der Waals surface area contributed by atoms with Gasteiger partial charge in [-0.1, -0.05) is 200 Å². The normalized spacial score (nSPS) is 24.2. The number of hydroxylamine groups is 1. The molecule has 0 aromatic rings. The van der Waals surface area contributed by atoms with Gasteiger partial charge in [-0.15, -0.1) is 0 Å². The molecule has 4 rings (SSSR count). The average molecular weight is 1590 g/mol. The number of rotatable bonds is 59. The van der Waals surface area contributed by atoms with Crippen LogP contribution in [0, 0.1) is 0 Å². The molecule has 105 heavy (non-hydrogen) atoms. The predicted octanol–water partition coefficient (Wildman–Crippen LogP) is 2.77. The Morgan fingerprint density at radius 1 is 0.524 bits per heavy atom. The molecule has 31 nitrogen and oxygen atoms in total. The van der Waals surface area contributed by atoms with Crippen molar-refractivity contribution in [2.24, 2.45) is 5.73 Å². The summed E-state index contributed by atoms with van der Waals surface area (Å²) in [5.41, 5.74) is 7.63. The number of urea groups is 1. The van der Waals surface area contributed by atoms with E-state index in [4.69, 9.17) is 48.5 Å². The van der Waals surface area contributed by atoms with Crippen LogP contribution in [-0.4, -0.2) is 240 Å². The molecule has 0 aromatic heterocycles. The molecule has 4 saturated heterocycles. The predicted molar refractivity (Wildman–Crippen MR) is 383 cm³/mol. The third kappa shape index (κ3) is 46.5. The number of nitrogens with two attached hydrogens (primary N) is 1. The van der Waals surface area contributed by atoms with Crippen molar-refractivity contribution in [3.05, 3.63) is 0 Å². The molecule has 2 amide bonds. The minimum Gasteiger partial charge on any atom is -1.00 e. The SMILES string of the molecule is CCCCCCCCCCCCCCCCCC(=O)OCC(O)COC1OC(CS(=O)(=O)[O-])C(OC(=O)CCN)C(O)C1O.CCCCCCCCCCCCCCCCCC(=O)OCC(O)COC1OC(CS(=O)(=O)[O-])C(OC(=O)CCNOC(=O)CCCC[C@@H]2SC[C@@H]3NC(=O)N[C@@H]32)C(O)C1O.[H-].[K+]. The molecule has 0 bridgehead atoms. The first kappa shape index (κ1) is 99.0. The number of carbonyl (C=O) groups excluding carboxylic acids is 6. The van der Waals surface area contributed by atoms with Gasteiger partial charge in [0, 0.05) is 43.4 Å². The van der Waals surface area contributed by atoms with Crippen LogP contribution in [0.25, 0.3) is 0 Å². The fourth-order valence-corrected chi connectivity index (χ4v) is 15.4. The van der Waals surface area contributed by atoms with E-state index >= 15 is 0 Å². The van der Waals surface area contributed by atoms with E-state index < -0.39 is 161 Å². The molecule has 4 heterocycles. The molecule has 11 N–H and O–H groups in total. The number of nitrogens with one attached hydrogen (secondary N) is 3. The van der Waals surface area contributed by atoms with Crippen molar-refractivity contribution in [1.29, 1.82) is 0 Å². The third-order valence-electron chi connectivity index (χ3n) is 18.3. The summed E-state index contributed by atoms with van der Waals surface area (Å²) in [5.74, 6) is -4.96. The van der Waals surface area contributed by atoms with Crippen LogP contribution >= 0.6 is 11.8 Å². The Bertz CT molecular complexity index is 2600. The Labute approximate surface area is 670 Å². The molecular formula is C70H127KN4O27S3-2. The summed E-state index contributed by atoms with van der Waals surface area (Å²) in [4.78, 5) is 77.2. The largest absolute Gasteiger partial charge is 1.00 e. The van der Waals surface area contributed by atoms with E-state index in [1.807, 2.05) is 0 Å². The van der Waals surface area contributed by atoms with Gasteiger partial charge in [-0.25, -0.2) is 21.6 Å². The van der Waals surface area contributed by atoms with Crippen molar-refractivity contribution < 1.29 is 181 Å². The molecule has 0 saturated carbocycles. The second-order valence-electron chi connectivity index (χ2n) is 27.7. The molecule has 0 radical (unpaired) electrons. The average Bonchev–Trinajstić information content (AvgIpc) is 1.10. The van der Waals surface area contributed by atoms with Crippen LogP contribution in [0.5, 0.6) is 0 Å². The van der Waals surface area contributed by atoms with Crippen LogP contribution in [0.3, 0.4) is 0 Å². The summed E-state index contributed by atoms with van der Waals surface area (Å²) in [6.45, 7) is 2.32. The standard InChI is InChI=1S/C40H71N3O15S2.C30H57NO12S.K.H/c1-2-3-4-5-6-7-8-9-10-11-12-13-14-15-16-20-32(45)54-24-28(44)25-55-39-37(49)36(48)38(30(56-39)27-60(51,52)53)57-33(46)22-23-41-58-34(47)21-18-17-19-31-35-29(26-59-31)42-40(50)43-35;1-2-3-4-5-6-7-8-9-10-11-12-13-14-15-16-17-25(33)40-20-23(32)21-41-30-28(36)27(35)29(43-26(34)18-19-31)24(42-30)22-44(37,38)39;;/h28-31,35-39,41,44,48-49H,2-27H2,1H3,(H2,42,43,50)(H,51,52,53);23-24,27-30,32,35-36H,2-22,31H2,1H3,(H,37,38,39);;/q;;+1;-1/p-2/t28?,29-,30?,31-,35-,36?,37?,38?,39?;;;/m0.../s1. The molecule has 0 aromatic carbocycles. The summed E-state index contributed by atoms with van der Waals surface area (Å²) < 4.78 is 111. The Morgan fingerprint density at radius 3 is 1.27 bits per heavy atom. The number of thioether (sulfide) groups is 1. The van der Waals surface area contributed by atoms with Gasteiger partial charge in [0.1, 0.15) is 62.0 Å². The topological polar surface area (TPSA) is 483 Å². The van der Waals surface area contributed by atoms with Gasteiger partial charge in [-0.2, -0.15) is 17.2 Å². The maximum absolute atomic E-state index is 12.6. The summed E-state index contributed by atoms with van der Waals surface area (Å²) in [6.07, 6.45) is 17.9. The summed E-state index contributed by atoms with van der Waals surface area (Å²) in [7, 11) is -9.88. The second kappa shape index (κ2) is 58.8. The molecule has 0 aliphatic carbocycles. The van der Waals surface area contributed by atoms with E-state index in [0.717, 1.165) is 57.1 Å². The quantitative estimate of drug-likeness (QED) is 0.00796. The van der Waals surface area contributed by atoms with Crippen molar-refractivity contribution >= 4 is 67.9 Å². The van der Waals surface area contributed by atoms with Gasteiger partial charge >= 0.3 is 87.3 Å². The summed E-state index contributed by atoms with van der Waals surface area (Å²) in [6, 6.07) is 0.0445. The number of ether oxygens (including phenoxy) is 8. The zero-order valence-corrected chi connectivity index (χ0v) is 68.0. The van der Waals surface area contributed by atoms with Crippen LogP contribution in [0.4, 0.5) is 4.79 Å². The molecule has 4 aliphatic heterocycles. The number of esters is 4. The van der Waals surface area contributed by atoms with Gasteiger partial charge in [0.15, 0.2) is 24.8 Å². The van der Waals surface area contributed by atoms with Crippen molar-refractivity contribution in [3.8, 4) is 0 Å². The molecular weight excluding hydrogens is 1460 g/mol. The van der Waals surface area contributed by atoms with Crippen molar-refractivity contribution in [3.63, 3.8) is 0 Å². The van der Waals surface area contributed by atoms with E-state index in [0.29, 0.717) is 19.3 Å². The zero-order chi connectivity index (χ0) is 76.6. The summed E-state index contributed by atoms with van der Waals surface area (Å²) >= 11 is 1.78. The van der Waals surface area contributed by atoms with Crippen molar-refractivity contribution in [2.45, 2.75) is 349 Å². The summed E-state index contributed by atoms with van der Waals surface area (Å²) in [5, 5.41) is 68.7. The molecule has 4 fully saturated rings. The monoisotopic (exact) mass is 1590 g/mol. The Hall–Kier alpha value is -2.05. The van der Waals surface area contributed by atoms with E-state index in [1.54, 1.807) is 11.8 Å². The van der Waals surface area contributed by atoms with Crippen LogP contribution < -0.4 is 73.2 Å². The zero-order valence-electron chi connectivity index (χ0n) is 63.5. The molecule has 35 heteroatoms. The van der Waals surface area contributed by atoms with Gasteiger partial charge < -0.3 is 100 Å². The number of aliphatic hydroxyl groups is 6. The fourth-order valence-electron chi connectivity index (χ4n) is 12.5. The molecule has 610 valence electrons.